The smallest absolute Gasteiger partial charge is 0.191 e. The van der Waals surface area contributed by atoms with Crippen LogP contribution in [0.25, 0.3) is 0 Å². The predicted molar refractivity (Wildman–Crippen MR) is 87.6 cm³/mol. The Labute approximate surface area is 135 Å². The summed E-state index contributed by atoms with van der Waals surface area (Å²) < 4.78 is 26.8. The molecule has 112 valence electrons. The molecule has 6 heteroatoms. The fourth-order valence-electron chi connectivity index (χ4n) is 1.79. The molecule has 0 bridgehead atoms. The molecule has 0 heterocycles. The normalized spacial score (nSPS) is 14.7. The second kappa shape index (κ2) is 8.39. The average Bonchev–Trinajstić information content (AvgIpc) is 3.17. The van der Waals surface area contributed by atoms with Crippen LogP contribution in [0.2, 0.25) is 0 Å². The zero-order valence-electron chi connectivity index (χ0n) is 11.5. The maximum absolute atomic E-state index is 13.4. The molecular formula is C14H20F2IN3. The summed E-state index contributed by atoms with van der Waals surface area (Å²) in [6.45, 7) is 3.12. The summed E-state index contributed by atoms with van der Waals surface area (Å²) in [5.74, 6) is -0.285. The highest BCUT2D eigenvalue weighted by Gasteiger charge is 2.22. The van der Waals surface area contributed by atoms with E-state index in [1.165, 1.54) is 18.2 Å². The van der Waals surface area contributed by atoms with Crippen molar-refractivity contribution in [3.05, 3.63) is 35.4 Å². The molecule has 1 aromatic carbocycles. The number of halogens is 3. The lowest BCUT2D eigenvalue weighted by atomic mass is 10.1. The molecule has 1 aromatic rings. The van der Waals surface area contributed by atoms with E-state index in [9.17, 15) is 8.78 Å². The number of aliphatic imine (C=N–C) groups is 1. The largest absolute Gasteiger partial charge is 0.357 e. The van der Waals surface area contributed by atoms with E-state index in [0.29, 0.717) is 12.6 Å². The van der Waals surface area contributed by atoms with Gasteiger partial charge in [-0.1, -0.05) is 6.07 Å². The summed E-state index contributed by atoms with van der Waals surface area (Å²) in [5, 5.41) is 6.38. The van der Waals surface area contributed by atoms with Gasteiger partial charge in [-0.3, -0.25) is 4.99 Å². The molecule has 0 aliphatic heterocycles. The zero-order chi connectivity index (χ0) is 13.7. The van der Waals surface area contributed by atoms with E-state index < -0.39 is 11.6 Å². The van der Waals surface area contributed by atoms with E-state index in [1.54, 1.807) is 0 Å². The third-order valence-electron chi connectivity index (χ3n) is 2.96. The van der Waals surface area contributed by atoms with Crippen LogP contribution in [0.1, 0.15) is 25.3 Å². The molecule has 0 atom stereocenters. The van der Waals surface area contributed by atoms with E-state index in [2.05, 4.69) is 15.6 Å². The van der Waals surface area contributed by atoms with Crippen LogP contribution in [0.15, 0.2) is 23.2 Å². The minimum absolute atomic E-state index is 0. The fourth-order valence-corrected chi connectivity index (χ4v) is 1.79. The molecule has 0 spiro atoms. The molecule has 1 saturated carbocycles. The quantitative estimate of drug-likeness (QED) is 0.457. The van der Waals surface area contributed by atoms with Crippen molar-refractivity contribution in [1.29, 1.82) is 0 Å². The SMILES string of the molecule is CCNC(=NCCc1c(F)cccc1F)NC1CC1.I. The van der Waals surface area contributed by atoms with Gasteiger partial charge < -0.3 is 10.6 Å². The number of nitrogens with zero attached hydrogens (tertiary/aromatic N) is 1. The topological polar surface area (TPSA) is 36.4 Å². The summed E-state index contributed by atoms with van der Waals surface area (Å²) in [5.41, 5.74) is 0.105. The van der Waals surface area contributed by atoms with Crippen LogP contribution in [0, 0.1) is 11.6 Å². The van der Waals surface area contributed by atoms with E-state index in [1.807, 2.05) is 6.92 Å². The summed E-state index contributed by atoms with van der Waals surface area (Å²) in [7, 11) is 0. The number of benzene rings is 1. The van der Waals surface area contributed by atoms with Gasteiger partial charge in [-0.25, -0.2) is 8.78 Å². The molecule has 1 fully saturated rings. The van der Waals surface area contributed by atoms with E-state index in [0.717, 1.165) is 25.3 Å². The van der Waals surface area contributed by atoms with Gasteiger partial charge in [-0.15, -0.1) is 24.0 Å². The molecule has 2 N–H and O–H groups in total. The summed E-state index contributed by atoms with van der Waals surface area (Å²) in [6, 6.07) is 4.42. The van der Waals surface area contributed by atoms with Gasteiger partial charge in [0.25, 0.3) is 0 Å². The molecule has 0 radical (unpaired) electrons. The third-order valence-corrected chi connectivity index (χ3v) is 2.96. The van der Waals surface area contributed by atoms with Crippen molar-refractivity contribution in [2.24, 2.45) is 4.99 Å². The molecule has 0 amide bonds. The van der Waals surface area contributed by atoms with Gasteiger partial charge in [0.05, 0.1) is 0 Å². The van der Waals surface area contributed by atoms with Crippen LogP contribution in [0.3, 0.4) is 0 Å². The van der Waals surface area contributed by atoms with Gasteiger partial charge in [-0.2, -0.15) is 0 Å². The van der Waals surface area contributed by atoms with Crippen LogP contribution in [-0.2, 0) is 6.42 Å². The van der Waals surface area contributed by atoms with E-state index >= 15 is 0 Å². The molecular weight excluding hydrogens is 375 g/mol. The summed E-state index contributed by atoms with van der Waals surface area (Å²) >= 11 is 0. The van der Waals surface area contributed by atoms with Crippen LogP contribution >= 0.6 is 24.0 Å². The van der Waals surface area contributed by atoms with Crippen LogP contribution in [0.4, 0.5) is 8.78 Å². The lowest BCUT2D eigenvalue weighted by Gasteiger charge is -2.10. The van der Waals surface area contributed by atoms with Crippen molar-refractivity contribution in [1.82, 2.24) is 10.6 Å². The number of nitrogens with one attached hydrogen (secondary N) is 2. The molecule has 2 rings (SSSR count). The first kappa shape index (κ1) is 17.1. The average molecular weight is 395 g/mol. The Hall–Kier alpha value is -0.920. The maximum atomic E-state index is 13.4. The third kappa shape index (κ3) is 5.22. The predicted octanol–water partition coefficient (Wildman–Crippen LogP) is 2.84. The molecule has 0 unspecified atom stereocenters. The van der Waals surface area contributed by atoms with Gasteiger partial charge in [0.2, 0.25) is 0 Å². The summed E-state index contributed by atoms with van der Waals surface area (Å²) in [6.07, 6.45) is 2.58. The fraction of sp³-hybridized carbons (Fsp3) is 0.500. The number of hydrogen-bond acceptors (Lipinski definition) is 1. The Bertz CT molecular complexity index is 441. The van der Waals surface area contributed by atoms with Crippen LogP contribution in [0.5, 0.6) is 0 Å². The lowest BCUT2D eigenvalue weighted by Crippen LogP contribution is -2.38. The molecule has 1 aliphatic carbocycles. The van der Waals surface area contributed by atoms with Crippen molar-refractivity contribution in [3.63, 3.8) is 0 Å². The second-order valence-corrected chi connectivity index (χ2v) is 4.63. The minimum Gasteiger partial charge on any atom is -0.357 e. The van der Waals surface area contributed by atoms with Crippen molar-refractivity contribution in [2.45, 2.75) is 32.2 Å². The standard InChI is InChI=1S/C14H19F2N3.HI/c1-2-17-14(19-10-6-7-10)18-9-8-11-12(15)4-3-5-13(11)16;/h3-5,10H,2,6-9H2,1H3,(H2,17,18,19);1H. The molecule has 3 nitrogen and oxygen atoms in total. The Morgan fingerprint density at radius 1 is 1.30 bits per heavy atom. The molecule has 20 heavy (non-hydrogen) atoms. The van der Waals surface area contributed by atoms with E-state index in [-0.39, 0.29) is 36.0 Å². The molecule has 0 aromatic heterocycles. The van der Waals surface area contributed by atoms with Crippen molar-refractivity contribution < 1.29 is 8.78 Å². The Kier molecular flexibility index (Phi) is 7.18. The van der Waals surface area contributed by atoms with Crippen LogP contribution in [-0.4, -0.2) is 25.1 Å². The maximum Gasteiger partial charge on any atom is 0.191 e. The van der Waals surface area contributed by atoms with Crippen molar-refractivity contribution in [3.8, 4) is 0 Å². The van der Waals surface area contributed by atoms with E-state index in [4.69, 9.17) is 0 Å². The van der Waals surface area contributed by atoms with Gasteiger partial charge >= 0.3 is 0 Å². The Morgan fingerprint density at radius 3 is 2.50 bits per heavy atom. The highest BCUT2D eigenvalue weighted by Crippen LogP contribution is 2.18. The second-order valence-electron chi connectivity index (χ2n) is 4.63. The Morgan fingerprint density at radius 2 is 1.95 bits per heavy atom. The van der Waals surface area contributed by atoms with Gasteiger partial charge in [0, 0.05) is 24.7 Å². The highest BCUT2D eigenvalue weighted by molar-refractivity contribution is 14.0. The van der Waals surface area contributed by atoms with Crippen LogP contribution < -0.4 is 10.6 Å². The van der Waals surface area contributed by atoms with Crippen molar-refractivity contribution >= 4 is 29.9 Å². The first-order valence-electron chi connectivity index (χ1n) is 6.68. The molecule has 0 saturated heterocycles. The van der Waals surface area contributed by atoms with Gasteiger partial charge in [0.1, 0.15) is 11.6 Å². The molecule has 1 aliphatic rings. The minimum atomic E-state index is -0.504. The Balaban J connectivity index is 0.00000200. The summed E-state index contributed by atoms with van der Waals surface area (Å²) in [4.78, 5) is 4.33. The number of guanidine groups is 1. The first-order chi connectivity index (χ1) is 9.20. The number of hydrogen-bond donors (Lipinski definition) is 2. The monoisotopic (exact) mass is 395 g/mol. The van der Waals surface area contributed by atoms with Gasteiger partial charge in [0.15, 0.2) is 5.96 Å². The zero-order valence-corrected chi connectivity index (χ0v) is 13.8. The van der Waals surface area contributed by atoms with Gasteiger partial charge in [-0.05, 0) is 38.3 Å². The highest BCUT2D eigenvalue weighted by atomic mass is 127. The first-order valence-corrected chi connectivity index (χ1v) is 6.68. The lowest BCUT2D eigenvalue weighted by molar-refractivity contribution is 0.555. The number of rotatable bonds is 5. The van der Waals surface area contributed by atoms with Crippen molar-refractivity contribution in [2.75, 3.05) is 13.1 Å².